The minimum atomic E-state index is -4.04. The highest BCUT2D eigenvalue weighted by Gasteiger charge is 2.45. The number of hydrogen-bond acceptors (Lipinski definition) is 7. The summed E-state index contributed by atoms with van der Waals surface area (Å²) in [5.74, 6) is 0.129. The van der Waals surface area contributed by atoms with E-state index in [1.807, 2.05) is 42.5 Å². The fraction of sp³-hybridized carbons (Fsp3) is 0.342. The Morgan fingerprint density at radius 2 is 1.88 bits per heavy atom. The molecule has 10 nitrogen and oxygen atoms in total. The lowest BCUT2D eigenvalue weighted by molar-refractivity contribution is 0.0872. The van der Waals surface area contributed by atoms with E-state index in [2.05, 4.69) is 21.1 Å². The van der Waals surface area contributed by atoms with Gasteiger partial charge in [0, 0.05) is 53.2 Å². The summed E-state index contributed by atoms with van der Waals surface area (Å²) in [6, 6.07) is 17.0. The number of primary sulfonamides is 1. The number of anilines is 1. The minimum absolute atomic E-state index is 0.0411. The number of ketones is 1. The van der Waals surface area contributed by atoms with Crippen molar-refractivity contribution in [2.45, 2.75) is 69.8 Å². The molecule has 0 aliphatic heterocycles. The summed E-state index contributed by atoms with van der Waals surface area (Å²) >= 11 is 0. The van der Waals surface area contributed by atoms with Crippen molar-refractivity contribution in [3.8, 4) is 5.75 Å². The Kier molecular flexibility index (Phi) is 10.0. The second-order valence-corrected chi connectivity index (χ2v) is 14.7. The van der Waals surface area contributed by atoms with Crippen molar-refractivity contribution in [2.75, 3.05) is 12.4 Å². The average Bonchev–Trinajstić information content (AvgIpc) is 3.72. The molecule has 11 heteroatoms. The van der Waals surface area contributed by atoms with Crippen LogP contribution in [0.4, 0.5) is 10.5 Å². The highest BCUT2D eigenvalue weighted by molar-refractivity contribution is 7.90. The van der Waals surface area contributed by atoms with E-state index in [-0.39, 0.29) is 11.9 Å². The third-order valence-corrected chi connectivity index (χ3v) is 10.9. The molecule has 256 valence electrons. The lowest BCUT2D eigenvalue weighted by atomic mass is 9.76. The monoisotopic (exact) mass is 682 g/mol. The van der Waals surface area contributed by atoms with Gasteiger partial charge in [-0.05, 0) is 93.0 Å². The number of sulfonamides is 1. The molecule has 2 atom stereocenters. The van der Waals surface area contributed by atoms with Crippen molar-refractivity contribution in [3.63, 3.8) is 0 Å². The summed E-state index contributed by atoms with van der Waals surface area (Å²) in [4.78, 5) is 31.0. The number of carbonyl (C=O) groups excluding carboxylic acids is 2. The van der Waals surface area contributed by atoms with Crippen LogP contribution in [0, 0.1) is 5.41 Å². The number of aryl methyl sites for hydroxylation is 2. The van der Waals surface area contributed by atoms with Crippen molar-refractivity contribution in [1.82, 2.24) is 9.55 Å². The lowest BCUT2D eigenvalue weighted by Gasteiger charge is -2.32. The van der Waals surface area contributed by atoms with Crippen molar-refractivity contribution >= 4 is 38.5 Å². The number of amides is 1. The Balaban J connectivity index is 1.29. The first kappa shape index (κ1) is 34.1. The van der Waals surface area contributed by atoms with Crippen LogP contribution < -0.4 is 15.2 Å². The maximum absolute atomic E-state index is 13.8. The number of rotatable bonds is 12. The van der Waals surface area contributed by atoms with E-state index in [1.165, 1.54) is 6.08 Å². The van der Waals surface area contributed by atoms with Gasteiger partial charge in [-0.1, -0.05) is 42.5 Å². The summed E-state index contributed by atoms with van der Waals surface area (Å²) in [6.07, 6.45) is 15.8. The largest absolute Gasteiger partial charge is 0.496 e. The second kappa shape index (κ2) is 14.4. The quantitative estimate of drug-likeness (QED) is 0.158. The number of allylic oxidation sites excluding steroid dienone is 3. The minimum Gasteiger partial charge on any atom is -0.496 e. The molecule has 4 aromatic rings. The smallest absolute Gasteiger partial charge is 0.411 e. The Morgan fingerprint density at radius 1 is 1.06 bits per heavy atom. The first-order chi connectivity index (χ1) is 23.5. The lowest BCUT2D eigenvalue weighted by Crippen LogP contribution is -2.45. The third-order valence-electron chi connectivity index (χ3n) is 9.55. The average molecular weight is 683 g/mol. The number of hydrogen-bond donors (Lipinski definition) is 2. The van der Waals surface area contributed by atoms with Gasteiger partial charge in [0.15, 0.2) is 5.78 Å². The van der Waals surface area contributed by atoms with Gasteiger partial charge in [0.2, 0.25) is 10.0 Å². The second-order valence-electron chi connectivity index (χ2n) is 13.0. The number of nitrogens with zero attached hydrogens (tertiary/aromatic N) is 2. The number of nitrogens with two attached hydrogens (primary N) is 1. The molecule has 2 unspecified atom stereocenters. The predicted molar refractivity (Wildman–Crippen MR) is 190 cm³/mol. The number of nitrogens with one attached hydrogen (secondary N) is 1. The van der Waals surface area contributed by atoms with Crippen molar-refractivity contribution < 1.29 is 27.5 Å². The zero-order chi connectivity index (χ0) is 34.6. The molecule has 2 aliphatic rings. The van der Waals surface area contributed by atoms with Crippen LogP contribution in [0.15, 0.2) is 91.3 Å². The fourth-order valence-corrected chi connectivity index (χ4v) is 8.15. The molecule has 1 saturated carbocycles. The van der Waals surface area contributed by atoms with Crippen LogP contribution in [0.2, 0.25) is 0 Å². The Bertz CT molecular complexity index is 2010. The first-order valence-electron chi connectivity index (χ1n) is 16.6. The van der Waals surface area contributed by atoms with Crippen LogP contribution in [-0.4, -0.2) is 48.3 Å². The van der Waals surface area contributed by atoms with E-state index in [4.69, 9.17) is 14.6 Å². The first-order valence-corrected chi connectivity index (χ1v) is 18.2. The number of pyridine rings is 1. The van der Waals surface area contributed by atoms with E-state index >= 15 is 0 Å². The van der Waals surface area contributed by atoms with Gasteiger partial charge in [-0.3, -0.25) is 15.1 Å². The molecule has 6 rings (SSSR count). The van der Waals surface area contributed by atoms with Gasteiger partial charge in [-0.25, -0.2) is 18.4 Å². The summed E-state index contributed by atoms with van der Waals surface area (Å²) in [7, 11) is -2.49. The van der Waals surface area contributed by atoms with E-state index < -0.39 is 26.8 Å². The van der Waals surface area contributed by atoms with Gasteiger partial charge < -0.3 is 14.0 Å². The summed E-state index contributed by atoms with van der Waals surface area (Å²) < 4.78 is 38.4. The molecule has 0 spiro atoms. The standard InChI is InChI=1S/C38H42N4O6S/c1-38(19-7-5-14-35(38)49(39,45)46)36(43)27-16-15-26(34(23-27)47-2)22-28-25-42(21-9-11-29-10-6-8-20-40-29)33-18-17-30(24-32(28)33)41-37(44)48-31-12-3-4-13-31/h5-8,10,14-20,23-25,31,35H,3-4,9,11-13,21-22H2,1-2H3,(H,41,44)(H2,39,45,46). The normalized spacial score (nSPS) is 19.3. The highest BCUT2D eigenvalue weighted by atomic mass is 32.2. The number of carbonyl (C=O) groups is 2. The molecule has 49 heavy (non-hydrogen) atoms. The van der Waals surface area contributed by atoms with Gasteiger partial charge in [-0.2, -0.15) is 0 Å². The van der Waals surface area contributed by atoms with Gasteiger partial charge in [0.05, 0.1) is 12.5 Å². The number of methoxy groups -OCH3 is 1. The van der Waals surface area contributed by atoms with Crippen molar-refractivity contribution in [2.24, 2.45) is 10.6 Å². The molecule has 1 amide bonds. The van der Waals surface area contributed by atoms with Crippen LogP contribution in [0.5, 0.6) is 5.75 Å². The van der Waals surface area contributed by atoms with Crippen molar-refractivity contribution in [1.29, 1.82) is 0 Å². The van der Waals surface area contributed by atoms with Crippen molar-refractivity contribution in [3.05, 3.63) is 114 Å². The van der Waals surface area contributed by atoms with E-state index in [9.17, 15) is 18.0 Å². The summed E-state index contributed by atoms with van der Waals surface area (Å²) in [5.41, 5.74) is 3.51. The fourth-order valence-electron chi connectivity index (χ4n) is 6.97. The number of ether oxygens (including phenoxy) is 2. The van der Waals surface area contributed by atoms with Crippen LogP contribution in [0.25, 0.3) is 10.9 Å². The van der Waals surface area contributed by atoms with Gasteiger partial charge in [0.25, 0.3) is 0 Å². The highest BCUT2D eigenvalue weighted by Crippen LogP contribution is 2.37. The molecule has 0 bridgehead atoms. The number of aromatic nitrogens is 2. The Morgan fingerprint density at radius 3 is 2.61 bits per heavy atom. The van der Waals surface area contributed by atoms with Gasteiger partial charge in [0.1, 0.15) is 17.1 Å². The maximum Gasteiger partial charge on any atom is 0.411 e. The predicted octanol–water partition coefficient (Wildman–Crippen LogP) is 6.73. The molecule has 2 aromatic heterocycles. The third kappa shape index (κ3) is 7.63. The zero-order valence-electron chi connectivity index (χ0n) is 27.8. The molecule has 2 heterocycles. The molecule has 3 N–H and O–H groups in total. The number of benzene rings is 2. The van der Waals surface area contributed by atoms with E-state index in [1.54, 1.807) is 50.6 Å². The number of Topliss-reactive ketones (excluding diaryl/α,β-unsaturated/α-hetero) is 1. The zero-order valence-corrected chi connectivity index (χ0v) is 28.6. The molecule has 2 aromatic carbocycles. The molecule has 0 saturated heterocycles. The summed E-state index contributed by atoms with van der Waals surface area (Å²) in [6.45, 7) is 2.35. The van der Waals surface area contributed by atoms with E-state index in [0.717, 1.165) is 72.8 Å². The molecule has 2 aliphatic carbocycles. The van der Waals surface area contributed by atoms with Crippen LogP contribution >= 0.6 is 0 Å². The van der Waals surface area contributed by atoms with Crippen LogP contribution in [0.1, 0.15) is 66.2 Å². The molecule has 0 radical (unpaired) electrons. The Hall–Kier alpha value is -4.74. The maximum atomic E-state index is 13.8. The van der Waals surface area contributed by atoms with Crippen LogP contribution in [0.3, 0.4) is 0 Å². The molecule has 1 fully saturated rings. The summed E-state index contributed by atoms with van der Waals surface area (Å²) in [5, 5.41) is 8.22. The van der Waals surface area contributed by atoms with Gasteiger partial charge in [-0.15, -0.1) is 0 Å². The SMILES string of the molecule is COc1cc(C(=O)C2(C)C=CC=CC2S(N)(=O)=O)ccc1Cc1cn(CCCc2ccccn2)c2ccc(NC(=O)OC3CCCC3)cc12. The van der Waals surface area contributed by atoms with E-state index in [0.29, 0.717) is 23.4 Å². The van der Waals surface area contributed by atoms with Gasteiger partial charge >= 0.3 is 6.09 Å². The Labute approximate surface area is 287 Å². The topological polar surface area (TPSA) is 143 Å². The van der Waals surface area contributed by atoms with Crippen LogP contribution in [-0.2, 0) is 34.1 Å². The number of fused-ring (bicyclic) bond motifs is 1. The molecular formula is C38H42N4O6S. The molecular weight excluding hydrogens is 641 g/mol.